The number of H-pyrrole nitrogens is 1. The number of methoxy groups -OCH3 is 1. The van der Waals surface area contributed by atoms with Gasteiger partial charge in [0.05, 0.1) is 18.3 Å². The molecule has 164 valence electrons. The van der Waals surface area contributed by atoms with Crippen LogP contribution in [0.25, 0.3) is 22.4 Å². The highest BCUT2D eigenvalue weighted by molar-refractivity contribution is 5.89. The Kier molecular flexibility index (Phi) is 5.14. The highest BCUT2D eigenvalue weighted by Gasteiger charge is 2.27. The third kappa shape index (κ3) is 3.73. The fourth-order valence-electron chi connectivity index (χ4n) is 4.15. The van der Waals surface area contributed by atoms with Crippen molar-refractivity contribution in [2.45, 2.75) is 18.9 Å². The van der Waals surface area contributed by atoms with Crippen LogP contribution >= 0.6 is 0 Å². The van der Waals surface area contributed by atoms with Crippen molar-refractivity contribution in [3.05, 3.63) is 65.1 Å². The minimum Gasteiger partial charge on any atom is -0.497 e. The van der Waals surface area contributed by atoms with Gasteiger partial charge >= 0.3 is 11.8 Å². The van der Waals surface area contributed by atoms with E-state index >= 15 is 0 Å². The molecule has 32 heavy (non-hydrogen) atoms. The average Bonchev–Trinajstić information content (AvgIpc) is 3.42. The fraction of sp³-hybridized carbons (Fsp3) is 0.261. The van der Waals surface area contributed by atoms with Gasteiger partial charge in [0.1, 0.15) is 5.75 Å². The second kappa shape index (κ2) is 8.26. The Morgan fingerprint density at radius 1 is 1.16 bits per heavy atom. The Morgan fingerprint density at radius 2 is 1.91 bits per heavy atom. The van der Waals surface area contributed by atoms with E-state index < -0.39 is 0 Å². The maximum absolute atomic E-state index is 12.7. The molecule has 0 spiro atoms. The molecule has 0 unspecified atom stereocenters. The number of benzene rings is 2. The molecule has 1 aliphatic heterocycles. The monoisotopic (exact) mass is 433 g/mol. The standard InChI is InChI=1S/C23H23N5O4/c1-31-17-8-6-15(7-9-17)18-14-21(26-25-18)24-22(29)27-12-10-16(11-13-27)28-19-4-2-3-5-20(19)32-23(28)30/h2-9,14,16H,10-13H2,1H3,(H2,24,25,26,29). The molecule has 0 aliphatic carbocycles. The molecule has 0 saturated carbocycles. The molecule has 2 aromatic carbocycles. The zero-order valence-electron chi connectivity index (χ0n) is 17.6. The molecular formula is C23H23N5O4. The van der Waals surface area contributed by atoms with Gasteiger partial charge in [0, 0.05) is 25.2 Å². The fourth-order valence-corrected chi connectivity index (χ4v) is 4.15. The first-order valence-corrected chi connectivity index (χ1v) is 10.5. The molecule has 1 aliphatic rings. The van der Waals surface area contributed by atoms with E-state index in [2.05, 4.69) is 15.5 Å². The van der Waals surface area contributed by atoms with E-state index in [9.17, 15) is 9.59 Å². The van der Waals surface area contributed by atoms with Gasteiger partial charge in [-0.15, -0.1) is 0 Å². The highest BCUT2D eigenvalue weighted by Crippen LogP contribution is 2.26. The molecule has 0 atom stereocenters. The lowest BCUT2D eigenvalue weighted by molar-refractivity contribution is 0.182. The summed E-state index contributed by atoms with van der Waals surface area (Å²) in [4.78, 5) is 26.8. The number of carbonyl (C=O) groups excluding carboxylic acids is 1. The molecule has 9 heteroatoms. The number of hydrogen-bond acceptors (Lipinski definition) is 5. The SMILES string of the molecule is COc1ccc(-c2cc(NC(=O)N3CCC(n4c(=O)oc5ccccc54)CC3)n[nH]2)cc1. The van der Waals surface area contributed by atoms with Crippen molar-refractivity contribution in [3.63, 3.8) is 0 Å². The zero-order valence-corrected chi connectivity index (χ0v) is 17.6. The van der Waals surface area contributed by atoms with Crippen molar-refractivity contribution in [1.29, 1.82) is 0 Å². The van der Waals surface area contributed by atoms with Crippen LogP contribution in [0.5, 0.6) is 5.75 Å². The smallest absolute Gasteiger partial charge is 0.420 e. The minimum absolute atomic E-state index is 0.00209. The summed E-state index contributed by atoms with van der Waals surface area (Å²) in [6.07, 6.45) is 1.35. The largest absolute Gasteiger partial charge is 0.497 e. The first-order chi connectivity index (χ1) is 15.6. The lowest BCUT2D eigenvalue weighted by Crippen LogP contribution is -2.42. The first kappa shape index (κ1) is 19.9. The van der Waals surface area contributed by atoms with E-state index in [0.717, 1.165) is 22.5 Å². The Balaban J connectivity index is 1.22. The molecule has 4 aromatic rings. The van der Waals surface area contributed by atoms with Crippen molar-refractivity contribution < 1.29 is 13.9 Å². The van der Waals surface area contributed by atoms with Crippen LogP contribution in [0.4, 0.5) is 10.6 Å². The van der Waals surface area contributed by atoms with Crippen LogP contribution in [0.3, 0.4) is 0 Å². The Hall–Kier alpha value is -4.01. The quantitative estimate of drug-likeness (QED) is 0.508. The molecule has 9 nitrogen and oxygen atoms in total. The van der Waals surface area contributed by atoms with Crippen LogP contribution in [0.15, 0.2) is 63.8 Å². The number of urea groups is 1. The van der Waals surface area contributed by atoms with E-state index in [1.54, 1.807) is 28.7 Å². The summed E-state index contributed by atoms with van der Waals surface area (Å²) in [6.45, 7) is 1.08. The number of fused-ring (bicyclic) bond motifs is 1. The first-order valence-electron chi connectivity index (χ1n) is 10.5. The number of ether oxygens (including phenoxy) is 1. The number of rotatable bonds is 4. The number of hydrogen-bond donors (Lipinski definition) is 2. The van der Waals surface area contributed by atoms with Crippen LogP contribution in [0.2, 0.25) is 0 Å². The second-order valence-corrected chi connectivity index (χ2v) is 7.75. The maximum atomic E-state index is 12.7. The van der Waals surface area contributed by atoms with Gasteiger partial charge < -0.3 is 14.1 Å². The normalized spacial score (nSPS) is 14.6. The van der Waals surface area contributed by atoms with E-state index in [1.165, 1.54) is 0 Å². The number of nitrogens with one attached hydrogen (secondary N) is 2. The number of oxazole rings is 1. The number of carbonyl (C=O) groups is 1. The summed E-state index contributed by atoms with van der Waals surface area (Å²) < 4.78 is 12.2. The topological polar surface area (TPSA) is 105 Å². The van der Waals surface area contributed by atoms with Gasteiger partial charge in [-0.05, 0) is 54.8 Å². The van der Waals surface area contributed by atoms with Gasteiger partial charge in [-0.2, -0.15) is 5.10 Å². The van der Waals surface area contributed by atoms with Crippen molar-refractivity contribution in [3.8, 4) is 17.0 Å². The molecule has 3 heterocycles. The number of para-hydroxylation sites is 2. The number of aromatic nitrogens is 3. The van der Waals surface area contributed by atoms with Gasteiger partial charge in [-0.1, -0.05) is 12.1 Å². The summed E-state index contributed by atoms with van der Waals surface area (Å²) in [5.74, 6) is 0.882. The number of aromatic amines is 1. The summed E-state index contributed by atoms with van der Waals surface area (Å²) in [5.41, 5.74) is 3.12. The van der Waals surface area contributed by atoms with Gasteiger partial charge in [0.2, 0.25) is 0 Å². The molecule has 2 amide bonds. The molecule has 1 fully saturated rings. The van der Waals surface area contributed by atoms with Crippen molar-refractivity contribution in [2.24, 2.45) is 0 Å². The summed E-state index contributed by atoms with van der Waals surface area (Å²) in [7, 11) is 1.62. The second-order valence-electron chi connectivity index (χ2n) is 7.75. The molecule has 1 saturated heterocycles. The number of piperidine rings is 1. The van der Waals surface area contributed by atoms with Crippen LogP contribution in [-0.2, 0) is 0 Å². The third-order valence-electron chi connectivity index (χ3n) is 5.85. The van der Waals surface area contributed by atoms with Gasteiger partial charge in [0.15, 0.2) is 11.4 Å². The Bertz CT molecular complexity index is 1300. The molecule has 2 N–H and O–H groups in total. The third-order valence-corrected chi connectivity index (χ3v) is 5.85. The maximum Gasteiger partial charge on any atom is 0.420 e. The zero-order chi connectivity index (χ0) is 22.1. The predicted molar refractivity (Wildman–Crippen MR) is 120 cm³/mol. The van der Waals surface area contributed by atoms with E-state index in [4.69, 9.17) is 9.15 Å². The predicted octanol–water partition coefficient (Wildman–Crippen LogP) is 3.86. The number of likely N-dealkylation sites (tertiary alicyclic amines) is 1. The van der Waals surface area contributed by atoms with E-state index in [-0.39, 0.29) is 17.8 Å². The van der Waals surface area contributed by atoms with Crippen LogP contribution in [0, 0.1) is 0 Å². The van der Waals surface area contributed by atoms with Crippen molar-refractivity contribution in [2.75, 3.05) is 25.5 Å². The summed E-state index contributed by atoms with van der Waals surface area (Å²) in [5, 5.41) is 9.99. The van der Waals surface area contributed by atoms with Crippen LogP contribution in [-0.4, -0.2) is 45.9 Å². The van der Waals surface area contributed by atoms with Gasteiger partial charge in [0.25, 0.3) is 0 Å². The van der Waals surface area contributed by atoms with Crippen LogP contribution < -0.4 is 15.8 Å². The Labute approximate surface area is 183 Å². The minimum atomic E-state index is -0.350. The van der Waals surface area contributed by atoms with Crippen LogP contribution in [0.1, 0.15) is 18.9 Å². The number of nitrogens with zero attached hydrogens (tertiary/aromatic N) is 3. The summed E-state index contributed by atoms with van der Waals surface area (Å²) >= 11 is 0. The van der Waals surface area contributed by atoms with E-state index in [1.807, 2.05) is 42.5 Å². The number of anilines is 1. The highest BCUT2D eigenvalue weighted by atomic mass is 16.5. The van der Waals surface area contributed by atoms with Gasteiger partial charge in [-0.25, -0.2) is 9.59 Å². The average molecular weight is 433 g/mol. The lowest BCUT2D eigenvalue weighted by atomic mass is 10.0. The summed E-state index contributed by atoms with van der Waals surface area (Å²) in [6, 6.07) is 16.6. The molecular weight excluding hydrogens is 410 g/mol. The lowest BCUT2D eigenvalue weighted by Gasteiger charge is -2.32. The Morgan fingerprint density at radius 3 is 2.66 bits per heavy atom. The molecule has 0 radical (unpaired) electrons. The molecule has 0 bridgehead atoms. The van der Waals surface area contributed by atoms with E-state index in [0.29, 0.717) is 37.3 Å². The van der Waals surface area contributed by atoms with Crippen molar-refractivity contribution >= 4 is 22.9 Å². The van der Waals surface area contributed by atoms with Crippen molar-refractivity contribution in [1.82, 2.24) is 19.7 Å². The number of amides is 2. The molecule has 2 aromatic heterocycles. The van der Waals surface area contributed by atoms with Gasteiger partial charge in [-0.3, -0.25) is 15.0 Å². The molecule has 5 rings (SSSR count).